The molecule has 0 unspecified atom stereocenters. The highest BCUT2D eigenvalue weighted by atomic mass is 79.9. The van der Waals surface area contributed by atoms with Crippen LogP contribution in [0.15, 0.2) is 12.1 Å². The molecule has 2 aromatic rings. The summed E-state index contributed by atoms with van der Waals surface area (Å²) in [5.41, 5.74) is 4.97. The highest BCUT2D eigenvalue weighted by molar-refractivity contribution is 9.08. The second-order valence-corrected chi connectivity index (χ2v) is 4.97. The first kappa shape index (κ1) is 12.3. The van der Waals surface area contributed by atoms with E-state index in [1.165, 1.54) is 22.3 Å². The molecule has 17 heavy (non-hydrogen) atoms. The maximum Gasteiger partial charge on any atom is 0.164 e. The van der Waals surface area contributed by atoms with Crippen LogP contribution in [0.4, 0.5) is 0 Å². The molecular formula is C13H16BrN3. The summed E-state index contributed by atoms with van der Waals surface area (Å²) in [5.74, 6) is 1.88. The second kappa shape index (κ2) is 4.61. The Morgan fingerprint density at radius 2 is 1.71 bits per heavy atom. The fourth-order valence-corrected chi connectivity index (χ4v) is 2.72. The van der Waals surface area contributed by atoms with Crippen molar-refractivity contribution in [3.05, 3.63) is 34.6 Å². The van der Waals surface area contributed by atoms with E-state index in [1.54, 1.807) is 0 Å². The standard InChI is InChI=1S/C13H16BrN3/c1-8-5-9(2)12(10(3)6-8)13-16-15-11(7-14)17(13)4/h5-6H,7H2,1-4H3. The molecule has 0 atom stereocenters. The summed E-state index contributed by atoms with van der Waals surface area (Å²) >= 11 is 3.42. The maximum atomic E-state index is 4.29. The van der Waals surface area contributed by atoms with E-state index in [0.717, 1.165) is 17.0 Å². The van der Waals surface area contributed by atoms with E-state index in [0.29, 0.717) is 0 Å². The van der Waals surface area contributed by atoms with Crippen LogP contribution < -0.4 is 0 Å². The van der Waals surface area contributed by atoms with E-state index in [9.17, 15) is 0 Å². The highest BCUT2D eigenvalue weighted by Gasteiger charge is 2.14. The molecule has 0 aliphatic heterocycles. The van der Waals surface area contributed by atoms with Crippen molar-refractivity contribution in [2.75, 3.05) is 0 Å². The minimum atomic E-state index is 0.723. The topological polar surface area (TPSA) is 30.7 Å². The van der Waals surface area contributed by atoms with Crippen molar-refractivity contribution in [2.24, 2.45) is 7.05 Å². The third-order valence-electron chi connectivity index (χ3n) is 2.99. The predicted molar refractivity (Wildman–Crippen MR) is 73.3 cm³/mol. The van der Waals surface area contributed by atoms with Crippen LogP contribution in [0.3, 0.4) is 0 Å². The molecule has 0 bridgehead atoms. The van der Waals surface area contributed by atoms with E-state index in [2.05, 4.69) is 59.0 Å². The molecule has 3 nitrogen and oxygen atoms in total. The fraction of sp³-hybridized carbons (Fsp3) is 0.385. The van der Waals surface area contributed by atoms with Gasteiger partial charge in [-0.25, -0.2) is 0 Å². The lowest BCUT2D eigenvalue weighted by molar-refractivity contribution is 0.857. The van der Waals surface area contributed by atoms with Gasteiger partial charge in [-0.3, -0.25) is 0 Å². The summed E-state index contributed by atoms with van der Waals surface area (Å²) in [6.07, 6.45) is 0. The summed E-state index contributed by atoms with van der Waals surface area (Å²) in [7, 11) is 2.00. The summed E-state index contributed by atoms with van der Waals surface area (Å²) in [4.78, 5) is 0. The van der Waals surface area contributed by atoms with Crippen molar-refractivity contribution in [1.29, 1.82) is 0 Å². The largest absolute Gasteiger partial charge is 0.313 e. The average Bonchev–Trinajstić information content (AvgIpc) is 2.59. The van der Waals surface area contributed by atoms with Crippen molar-refractivity contribution >= 4 is 15.9 Å². The lowest BCUT2D eigenvalue weighted by Crippen LogP contribution is -2.00. The van der Waals surface area contributed by atoms with E-state index in [1.807, 2.05) is 11.6 Å². The number of halogens is 1. The van der Waals surface area contributed by atoms with Crippen LogP contribution in [0.25, 0.3) is 11.4 Å². The van der Waals surface area contributed by atoms with Gasteiger partial charge in [-0.2, -0.15) is 0 Å². The second-order valence-electron chi connectivity index (χ2n) is 4.41. The quantitative estimate of drug-likeness (QED) is 0.796. The van der Waals surface area contributed by atoms with Crippen LogP contribution in [0, 0.1) is 20.8 Å². The van der Waals surface area contributed by atoms with Gasteiger partial charge in [0.25, 0.3) is 0 Å². The third-order valence-corrected chi connectivity index (χ3v) is 3.49. The minimum Gasteiger partial charge on any atom is -0.313 e. The third kappa shape index (κ3) is 2.14. The van der Waals surface area contributed by atoms with E-state index in [-0.39, 0.29) is 0 Å². The zero-order valence-corrected chi connectivity index (χ0v) is 12.2. The highest BCUT2D eigenvalue weighted by Crippen LogP contribution is 2.27. The molecule has 0 N–H and O–H groups in total. The zero-order valence-electron chi connectivity index (χ0n) is 10.6. The molecule has 0 radical (unpaired) electrons. The van der Waals surface area contributed by atoms with Crippen LogP contribution in [0.2, 0.25) is 0 Å². The van der Waals surface area contributed by atoms with Gasteiger partial charge >= 0.3 is 0 Å². The van der Waals surface area contributed by atoms with Crippen LogP contribution in [0.5, 0.6) is 0 Å². The summed E-state index contributed by atoms with van der Waals surface area (Å²) in [5, 5.41) is 9.20. The molecule has 0 fully saturated rings. The van der Waals surface area contributed by atoms with Gasteiger partial charge < -0.3 is 4.57 Å². The van der Waals surface area contributed by atoms with E-state index >= 15 is 0 Å². The Morgan fingerprint density at radius 3 is 2.18 bits per heavy atom. The van der Waals surface area contributed by atoms with E-state index in [4.69, 9.17) is 0 Å². The lowest BCUT2D eigenvalue weighted by Gasteiger charge is -2.10. The Labute approximate surface area is 110 Å². The zero-order chi connectivity index (χ0) is 12.6. The molecular weight excluding hydrogens is 278 g/mol. The number of alkyl halides is 1. The lowest BCUT2D eigenvalue weighted by atomic mass is 9.99. The molecule has 0 saturated carbocycles. The SMILES string of the molecule is Cc1cc(C)c(-c2nnc(CBr)n2C)c(C)c1. The molecule has 2 rings (SSSR count). The molecule has 1 aromatic carbocycles. The first-order valence-corrected chi connectivity index (χ1v) is 6.69. The Bertz CT molecular complexity index is 535. The minimum absolute atomic E-state index is 0.723. The molecule has 0 amide bonds. The smallest absolute Gasteiger partial charge is 0.164 e. The molecule has 4 heteroatoms. The van der Waals surface area contributed by atoms with Crippen molar-refractivity contribution < 1.29 is 0 Å². The number of nitrogens with zero attached hydrogens (tertiary/aromatic N) is 3. The number of hydrogen-bond acceptors (Lipinski definition) is 2. The van der Waals surface area contributed by atoms with Crippen molar-refractivity contribution in [1.82, 2.24) is 14.8 Å². The van der Waals surface area contributed by atoms with Gasteiger partial charge in [-0.05, 0) is 31.9 Å². The van der Waals surface area contributed by atoms with Gasteiger partial charge in [0, 0.05) is 12.6 Å². The van der Waals surface area contributed by atoms with Crippen molar-refractivity contribution in [3.8, 4) is 11.4 Å². The first-order valence-electron chi connectivity index (χ1n) is 5.57. The first-order chi connectivity index (χ1) is 8.04. The molecule has 1 aromatic heterocycles. The maximum absolute atomic E-state index is 4.29. The Balaban J connectivity index is 2.64. The van der Waals surface area contributed by atoms with E-state index < -0.39 is 0 Å². The predicted octanol–water partition coefficient (Wildman–Crippen LogP) is 3.30. The average molecular weight is 294 g/mol. The molecule has 0 saturated heterocycles. The monoisotopic (exact) mass is 293 g/mol. The van der Waals surface area contributed by atoms with Crippen molar-refractivity contribution in [2.45, 2.75) is 26.1 Å². The molecule has 1 heterocycles. The van der Waals surface area contributed by atoms with Gasteiger partial charge in [-0.1, -0.05) is 33.6 Å². The summed E-state index contributed by atoms with van der Waals surface area (Å²) in [6.45, 7) is 6.36. The Kier molecular flexibility index (Phi) is 3.33. The van der Waals surface area contributed by atoms with Crippen molar-refractivity contribution in [3.63, 3.8) is 0 Å². The van der Waals surface area contributed by atoms with Crippen LogP contribution in [-0.2, 0) is 12.4 Å². The summed E-state index contributed by atoms with van der Waals surface area (Å²) < 4.78 is 2.04. The molecule has 0 aliphatic carbocycles. The van der Waals surface area contributed by atoms with Gasteiger partial charge in [0.1, 0.15) is 5.82 Å². The van der Waals surface area contributed by atoms with Gasteiger partial charge in [0.2, 0.25) is 0 Å². The van der Waals surface area contributed by atoms with Gasteiger partial charge in [0.15, 0.2) is 5.82 Å². The number of hydrogen-bond donors (Lipinski definition) is 0. The Hall–Kier alpha value is -1.16. The number of aromatic nitrogens is 3. The Morgan fingerprint density at radius 1 is 1.12 bits per heavy atom. The number of benzene rings is 1. The van der Waals surface area contributed by atoms with Crippen LogP contribution in [-0.4, -0.2) is 14.8 Å². The summed E-state index contributed by atoms with van der Waals surface area (Å²) in [6, 6.07) is 4.37. The molecule has 90 valence electrons. The molecule has 0 spiro atoms. The number of aryl methyl sites for hydroxylation is 3. The van der Waals surface area contributed by atoms with Crippen LogP contribution >= 0.6 is 15.9 Å². The number of rotatable bonds is 2. The van der Waals surface area contributed by atoms with Gasteiger partial charge in [-0.15, -0.1) is 10.2 Å². The normalized spacial score (nSPS) is 10.9. The molecule has 0 aliphatic rings. The van der Waals surface area contributed by atoms with Gasteiger partial charge in [0.05, 0.1) is 5.33 Å². The fourth-order valence-electron chi connectivity index (χ4n) is 2.23. The van der Waals surface area contributed by atoms with Crippen LogP contribution in [0.1, 0.15) is 22.5 Å².